The summed E-state index contributed by atoms with van der Waals surface area (Å²) in [5, 5.41) is 27.5. The molecular weight excluding hydrogens is 608 g/mol. The molecule has 1 aliphatic heterocycles. The van der Waals surface area contributed by atoms with Gasteiger partial charge in [0.1, 0.15) is 29.9 Å². The van der Waals surface area contributed by atoms with Crippen molar-refractivity contribution in [1.29, 1.82) is 0 Å². The molecule has 0 unspecified atom stereocenters. The summed E-state index contributed by atoms with van der Waals surface area (Å²) in [5.41, 5.74) is 17.4. The van der Waals surface area contributed by atoms with E-state index in [0.29, 0.717) is 31.2 Å². The van der Waals surface area contributed by atoms with Crippen molar-refractivity contribution in [3.8, 4) is 5.75 Å². The number of aliphatic carboxylic acids is 1. The predicted octanol–water partition coefficient (Wildman–Crippen LogP) is -0.0622. The van der Waals surface area contributed by atoms with Crippen LogP contribution in [0.3, 0.4) is 0 Å². The number of hydrogen-bond acceptors (Lipinski definition) is 8. The summed E-state index contributed by atoms with van der Waals surface area (Å²) in [6.07, 6.45) is 2.41. The second-order valence-corrected chi connectivity index (χ2v) is 12.6. The van der Waals surface area contributed by atoms with E-state index >= 15 is 0 Å². The first kappa shape index (κ1) is 38.8. The van der Waals surface area contributed by atoms with Crippen molar-refractivity contribution in [3.05, 3.63) is 29.8 Å². The van der Waals surface area contributed by atoms with Gasteiger partial charge in [-0.1, -0.05) is 46.2 Å². The van der Waals surface area contributed by atoms with Gasteiger partial charge in [-0.3, -0.25) is 24.2 Å². The molecule has 262 valence electrons. The number of nitrogens with zero attached hydrogens (tertiary/aromatic N) is 2. The third-order valence-electron chi connectivity index (χ3n) is 8.25. The molecule has 1 aliphatic rings. The first-order valence-corrected chi connectivity index (χ1v) is 16.2. The normalized spacial score (nSPS) is 17.6. The third-order valence-corrected chi connectivity index (χ3v) is 8.25. The van der Waals surface area contributed by atoms with Gasteiger partial charge in [-0.05, 0) is 61.6 Å². The van der Waals surface area contributed by atoms with Crippen molar-refractivity contribution in [1.82, 2.24) is 20.9 Å². The average Bonchev–Trinajstić information content (AvgIpc) is 3.51. The second kappa shape index (κ2) is 18.7. The van der Waals surface area contributed by atoms with E-state index in [-0.39, 0.29) is 55.9 Å². The lowest BCUT2D eigenvalue weighted by Crippen LogP contribution is -2.59. The van der Waals surface area contributed by atoms with Gasteiger partial charge in [-0.2, -0.15) is 0 Å². The standard InChI is InChI=1S/C32H52N8O7/c1-5-19(4)26(31(46)47)39-29(44)25-9-7-15-40(25)30(45)24(16-18(2)3)38-28(43)23(17-20-10-12-21(41)13-11-20)37-27(42)22(33)8-6-14-36-32(34)35/h10-13,18-19,22-26,41H,5-9,14-17,33H2,1-4H3,(H,37,42)(H,38,43)(H,39,44)(H,46,47)(H4,34,35,36)/t19-,22-,23-,24-,25-,26-/m0/s1. The van der Waals surface area contributed by atoms with E-state index < -0.39 is 59.8 Å². The number of aliphatic imine (C=N–C) groups is 1. The van der Waals surface area contributed by atoms with Gasteiger partial charge in [0.15, 0.2) is 5.96 Å². The first-order chi connectivity index (χ1) is 22.1. The number of rotatable bonds is 18. The Morgan fingerprint density at radius 1 is 1.00 bits per heavy atom. The molecule has 0 aromatic heterocycles. The summed E-state index contributed by atoms with van der Waals surface area (Å²) in [5.74, 6) is -3.75. The van der Waals surface area contributed by atoms with Gasteiger partial charge in [0.05, 0.1) is 6.04 Å². The molecule has 15 nitrogen and oxygen atoms in total. The van der Waals surface area contributed by atoms with E-state index in [2.05, 4.69) is 20.9 Å². The molecule has 0 aliphatic carbocycles. The van der Waals surface area contributed by atoms with E-state index in [1.165, 1.54) is 17.0 Å². The zero-order valence-corrected chi connectivity index (χ0v) is 27.8. The number of phenols is 1. The van der Waals surface area contributed by atoms with E-state index in [0.717, 1.165) is 0 Å². The number of carboxylic acids is 1. The van der Waals surface area contributed by atoms with Crippen molar-refractivity contribution < 1.29 is 34.2 Å². The Kier molecular flexibility index (Phi) is 15.4. The summed E-state index contributed by atoms with van der Waals surface area (Å²) < 4.78 is 0. The zero-order chi connectivity index (χ0) is 35.3. The van der Waals surface area contributed by atoms with Gasteiger partial charge < -0.3 is 48.3 Å². The van der Waals surface area contributed by atoms with Crippen LogP contribution in [0.25, 0.3) is 0 Å². The Hall–Kier alpha value is -4.40. The number of nitrogens with one attached hydrogen (secondary N) is 3. The fourth-order valence-corrected chi connectivity index (χ4v) is 5.41. The minimum atomic E-state index is -1.15. The molecular formula is C32H52N8O7. The SMILES string of the molecule is CC[C@H](C)[C@H](NC(=O)[C@@H]1CCCN1C(=O)[C@H](CC(C)C)NC(=O)[C@H](Cc1ccc(O)cc1)NC(=O)[C@@H](N)CCCN=C(N)N)C(=O)O. The highest BCUT2D eigenvalue weighted by atomic mass is 16.4. The maximum atomic E-state index is 13.9. The number of benzene rings is 1. The summed E-state index contributed by atoms with van der Waals surface area (Å²) in [7, 11) is 0. The maximum absolute atomic E-state index is 13.9. The van der Waals surface area contributed by atoms with Crippen LogP contribution in [0, 0.1) is 11.8 Å². The molecule has 15 heteroatoms. The predicted molar refractivity (Wildman–Crippen MR) is 177 cm³/mol. The lowest BCUT2D eigenvalue weighted by molar-refractivity contribution is -0.146. The van der Waals surface area contributed by atoms with Gasteiger partial charge in [0.25, 0.3) is 0 Å². The number of amides is 4. The number of hydrogen-bond donors (Lipinski definition) is 8. The molecule has 2 rings (SSSR count). The van der Waals surface area contributed by atoms with Gasteiger partial charge >= 0.3 is 5.97 Å². The Morgan fingerprint density at radius 3 is 2.21 bits per heavy atom. The lowest BCUT2D eigenvalue weighted by Gasteiger charge is -2.31. The second-order valence-electron chi connectivity index (χ2n) is 12.6. The van der Waals surface area contributed by atoms with E-state index in [9.17, 15) is 34.2 Å². The third kappa shape index (κ3) is 12.4. The van der Waals surface area contributed by atoms with Crippen LogP contribution in [0.4, 0.5) is 0 Å². The molecule has 0 spiro atoms. The number of aromatic hydroxyl groups is 1. The molecule has 0 saturated carbocycles. The van der Waals surface area contributed by atoms with Crippen LogP contribution < -0.4 is 33.2 Å². The van der Waals surface area contributed by atoms with Crippen molar-refractivity contribution >= 4 is 35.6 Å². The van der Waals surface area contributed by atoms with Crippen LogP contribution in [-0.4, -0.2) is 94.0 Å². The number of carbonyl (C=O) groups excluding carboxylic acids is 4. The highest BCUT2D eigenvalue weighted by Gasteiger charge is 2.40. The molecule has 0 radical (unpaired) electrons. The Balaban J connectivity index is 2.26. The number of phenolic OH excluding ortho intramolecular Hbond substituents is 1. The number of nitrogens with two attached hydrogens (primary N) is 3. The minimum Gasteiger partial charge on any atom is -0.508 e. The topological polar surface area (TPSA) is 256 Å². The molecule has 11 N–H and O–H groups in total. The minimum absolute atomic E-state index is 0.0234. The van der Waals surface area contributed by atoms with E-state index in [4.69, 9.17) is 17.2 Å². The molecule has 0 bridgehead atoms. The monoisotopic (exact) mass is 660 g/mol. The van der Waals surface area contributed by atoms with Crippen molar-refractivity contribution in [3.63, 3.8) is 0 Å². The van der Waals surface area contributed by atoms with E-state index in [1.807, 2.05) is 20.8 Å². The van der Waals surface area contributed by atoms with Crippen LogP contribution in [0.15, 0.2) is 29.3 Å². The highest BCUT2D eigenvalue weighted by Crippen LogP contribution is 2.22. The molecule has 4 amide bonds. The molecule has 1 heterocycles. The summed E-state index contributed by atoms with van der Waals surface area (Å²) in [6.45, 7) is 7.90. The van der Waals surface area contributed by atoms with Crippen LogP contribution >= 0.6 is 0 Å². The number of carboxylic acid groups (broad SMARTS) is 1. The molecule has 6 atom stereocenters. The lowest BCUT2D eigenvalue weighted by atomic mass is 9.98. The molecule has 1 saturated heterocycles. The van der Waals surface area contributed by atoms with Gasteiger partial charge in [-0.15, -0.1) is 0 Å². The summed E-state index contributed by atoms with van der Waals surface area (Å²) in [6, 6.07) is 1.07. The molecule has 47 heavy (non-hydrogen) atoms. The largest absolute Gasteiger partial charge is 0.508 e. The average molecular weight is 661 g/mol. The highest BCUT2D eigenvalue weighted by molar-refractivity contribution is 5.96. The van der Waals surface area contributed by atoms with Crippen LogP contribution in [0.5, 0.6) is 5.75 Å². The van der Waals surface area contributed by atoms with Crippen molar-refractivity contribution in [2.75, 3.05) is 13.1 Å². The van der Waals surface area contributed by atoms with Crippen LogP contribution in [0.1, 0.15) is 71.8 Å². The number of guanidine groups is 1. The van der Waals surface area contributed by atoms with Crippen molar-refractivity contribution in [2.24, 2.45) is 34.0 Å². The number of carbonyl (C=O) groups is 5. The summed E-state index contributed by atoms with van der Waals surface area (Å²) in [4.78, 5) is 71.1. The molecule has 1 aromatic rings. The zero-order valence-electron chi connectivity index (χ0n) is 27.8. The van der Waals surface area contributed by atoms with E-state index in [1.54, 1.807) is 19.1 Å². The fraction of sp³-hybridized carbons (Fsp3) is 0.625. The first-order valence-electron chi connectivity index (χ1n) is 16.2. The summed E-state index contributed by atoms with van der Waals surface area (Å²) >= 11 is 0. The maximum Gasteiger partial charge on any atom is 0.326 e. The fourth-order valence-electron chi connectivity index (χ4n) is 5.41. The Morgan fingerprint density at radius 2 is 1.64 bits per heavy atom. The smallest absolute Gasteiger partial charge is 0.326 e. The van der Waals surface area contributed by atoms with Gasteiger partial charge in [-0.25, -0.2) is 4.79 Å². The molecule has 1 aromatic carbocycles. The van der Waals surface area contributed by atoms with Gasteiger partial charge in [0, 0.05) is 19.5 Å². The van der Waals surface area contributed by atoms with Gasteiger partial charge in [0.2, 0.25) is 23.6 Å². The molecule has 1 fully saturated rings. The van der Waals surface area contributed by atoms with Crippen LogP contribution in [0.2, 0.25) is 0 Å². The quantitative estimate of drug-likeness (QED) is 0.0591. The van der Waals surface area contributed by atoms with Crippen molar-refractivity contribution in [2.45, 2.75) is 103 Å². The Bertz CT molecular complexity index is 1250. The Labute approximate surface area is 276 Å². The van der Waals surface area contributed by atoms with Crippen LogP contribution in [-0.2, 0) is 30.4 Å². The number of likely N-dealkylation sites (tertiary alicyclic amines) is 1.